The molecule has 1 amide bonds. The van der Waals surface area contributed by atoms with E-state index in [9.17, 15) is 9.59 Å². The Morgan fingerprint density at radius 2 is 2.13 bits per heavy atom. The summed E-state index contributed by atoms with van der Waals surface area (Å²) in [5, 5.41) is 0. The van der Waals surface area contributed by atoms with Crippen LogP contribution in [0.4, 0.5) is 0 Å². The van der Waals surface area contributed by atoms with Gasteiger partial charge in [-0.1, -0.05) is 0 Å². The summed E-state index contributed by atoms with van der Waals surface area (Å²) >= 11 is 4.67. The smallest absolute Gasteiger partial charge is 0.231 e. The van der Waals surface area contributed by atoms with E-state index in [1.807, 2.05) is 6.07 Å². The summed E-state index contributed by atoms with van der Waals surface area (Å²) in [6.45, 7) is 0.300. The lowest BCUT2D eigenvalue weighted by Gasteiger charge is -2.12. The minimum Gasteiger partial charge on any atom is -0.369 e. The van der Waals surface area contributed by atoms with Gasteiger partial charge in [-0.2, -0.15) is 0 Å². The molecule has 1 aromatic rings. The number of Topliss-reactive ketones (excluding diaryl/α,β-unsaturated/α-hetero) is 1. The minimum absolute atomic E-state index is 0.00514. The molecule has 82 valence electrons. The van der Waals surface area contributed by atoms with Crippen molar-refractivity contribution in [3.63, 3.8) is 0 Å². The molecule has 0 aliphatic heterocycles. The van der Waals surface area contributed by atoms with Gasteiger partial charge in [-0.05, 0) is 35.1 Å². The van der Waals surface area contributed by atoms with Gasteiger partial charge in [0.1, 0.15) is 0 Å². The van der Waals surface area contributed by atoms with E-state index in [1.54, 1.807) is 18.0 Å². The second-order valence-electron chi connectivity index (χ2n) is 3.17. The number of rotatable bonds is 5. The number of carbonyl (C=O) groups excluding carboxylic acids is 2. The third-order valence-corrected chi connectivity index (χ3v) is 3.35. The number of hydrogen-bond acceptors (Lipinski definition) is 4. The lowest BCUT2D eigenvalue weighted by Crippen LogP contribution is -2.34. The van der Waals surface area contributed by atoms with Crippen molar-refractivity contribution in [1.29, 1.82) is 0 Å². The maximum absolute atomic E-state index is 11.6. The van der Waals surface area contributed by atoms with E-state index in [0.29, 0.717) is 4.88 Å². The van der Waals surface area contributed by atoms with Crippen molar-refractivity contribution < 1.29 is 9.59 Å². The molecule has 1 aromatic heterocycles. The molecule has 15 heavy (non-hydrogen) atoms. The van der Waals surface area contributed by atoms with Crippen molar-refractivity contribution >= 4 is 39.0 Å². The second kappa shape index (κ2) is 5.39. The first-order valence-corrected chi connectivity index (χ1v) is 5.85. The Morgan fingerprint density at radius 1 is 1.47 bits per heavy atom. The number of ketones is 1. The molecular formula is C9H11BrN2O2S. The van der Waals surface area contributed by atoms with Gasteiger partial charge in [-0.15, -0.1) is 11.3 Å². The van der Waals surface area contributed by atoms with Gasteiger partial charge >= 0.3 is 0 Å². The Kier molecular flexibility index (Phi) is 4.44. The van der Waals surface area contributed by atoms with Crippen LogP contribution in [0.25, 0.3) is 0 Å². The predicted octanol–water partition coefficient (Wildman–Crippen LogP) is 1.11. The van der Waals surface area contributed by atoms with E-state index < -0.39 is 5.91 Å². The van der Waals surface area contributed by atoms with Crippen LogP contribution in [-0.2, 0) is 4.79 Å². The fourth-order valence-electron chi connectivity index (χ4n) is 1.11. The summed E-state index contributed by atoms with van der Waals surface area (Å²) in [6.07, 6.45) is 0. The van der Waals surface area contributed by atoms with Gasteiger partial charge in [0.15, 0.2) is 5.78 Å². The van der Waals surface area contributed by atoms with Gasteiger partial charge in [0.2, 0.25) is 5.91 Å². The number of nitrogens with two attached hydrogens (primary N) is 1. The number of carbonyl (C=O) groups is 2. The van der Waals surface area contributed by atoms with Crippen LogP contribution >= 0.6 is 27.3 Å². The van der Waals surface area contributed by atoms with Crippen LogP contribution in [0.5, 0.6) is 0 Å². The quantitative estimate of drug-likeness (QED) is 0.827. The topological polar surface area (TPSA) is 63.4 Å². The summed E-state index contributed by atoms with van der Waals surface area (Å²) in [7, 11) is 1.69. The number of halogens is 1. The van der Waals surface area contributed by atoms with E-state index in [1.165, 1.54) is 11.3 Å². The molecule has 0 atom stereocenters. The molecule has 0 aromatic carbocycles. The van der Waals surface area contributed by atoms with Crippen LogP contribution in [0, 0.1) is 0 Å². The number of amides is 1. The van der Waals surface area contributed by atoms with Crippen LogP contribution in [0.3, 0.4) is 0 Å². The average Bonchev–Trinajstić information content (AvgIpc) is 2.49. The third-order valence-electron chi connectivity index (χ3n) is 1.69. The van der Waals surface area contributed by atoms with E-state index in [2.05, 4.69) is 15.9 Å². The van der Waals surface area contributed by atoms with Gasteiger partial charge in [0.05, 0.1) is 21.8 Å². The highest BCUT2D eigenvalue weighted by atomic mass is 79.9. The Labute approximate surface area is 100 Å². The molecule has 0 bridgehead atoms. The molecule has 2 N–H and O–H groups in total. The molecule has 1 heterocycles. The van der Waals surface area contributed by atoms with Crippen molar-refractivity contribution in [2.45, 2.75) is 0 Å². The van der Waals surface area contributed by atoms with Gasteiger partial charge in [0.25, 0.3) is 0 Å². The van der Waals surface area contributed by atoms with Gasteiger partial charge in [-0.3, -0.25) is 14.5 Å². The lowest BCUT2D eigenvalue weighted by molar-refractivity contribution is -0.118. The van der Waals surface area contributed by atoms with Gasteiger partial charge < -0.3 is 5.73 Å². The molecule has 0 saturated heterocycles. The lowest BCUT2D eigenvalue weighted by atomic mass is 10.3. The first-order valence-electron chi connectivity index (χ1n) is 4.24. The molecule has 0 aliphatic carbocycles. The van der Waals surface area contributed by atoms with Gasteiger partial charge in [0, 0.05) is 0 Å². The first kappa shape index (κ1) is 12.4. The highest BCUT2D eigenvalue weighted by Gasteiger charge is 2.12. The molecule has 0 fully saturated rings. The number of nitrogens with zero attached hydrogens (tertiary/aromatic N) is 1. The summed E-state index contributed by atoms with van der Waals surface area (Å²) in [5.41, 5.74) is 5.02. The Morgan fingerprint density at radius 3 is 2.60 bits per heavy atom. The van der Waals surface area contributed by atoms with Crippen LogP contribution < -0.4 is 5.73 Å². The summed E-state index contributed by atoms with van der Waals surface area (Å²) in [6, 6.07) is 3.58. The molecule has 0 unspecified atom stereocenters. The van der Waals surface area contributed by atoms with Crippen molar-refractivity contribution in [1.82, 2.24) is 4.90 Å². The zero-order valence-corrected chi connectivity index (χ0v) is 10.6. The molecular weight excluding hydrogens is 280 g/mol. The Hall–Kier alpha value is -0.720. The summed E-state index contributed by atoms with van der Waals surface area (Å²) < 4.78 is 0.920. The van der Waals surface area contributed by atoms with Crippen molar-refractivity contribution in [3.8, 4) is 0 Å². The van der Waals surface area contributed by atoms with Crippen LogP contribution in [0.1, 0.15) is 9.67 Å². The van der Waals surface area contributed by atoms with Crippen LogP contribution in [-0.4, -0.2) is 36.7 Å². The highest BCUT2D eigenvalue weighted by Crippen LogP contribution is 2.22. The fourth-order valence-corrected chi connectivity index (χ4v) is 2.43. The maximum atomic E-state index is 11.6. The van der Waals surface area contributed by atoms with Crippen LogP contribution in [0.15, 0.2) is 15.9 Å². The molecule has 1 rings (SSSR count). The molecule has 0 saturated carbocycles. The van der Waals surface area contributed by atoms with E-state index >= 15 is 0 Å². The average molecular weight is 291 g/mol. The molecule has 0 spiro atoms. The number of thiophene rings is 1. The zero-order chi connectivity index (χ0) is 11.4. The highest BCUT2D eigenvalue weighted by molar-refractivity contribution is 9.11. The normalized spacial score (nSPS) is 10.6. The maximum Gasteiger partial charge on any atom is 0.231 e. The van der Waals surface area contributed by atoms with Crippen molar-refractivity contribution in [2.24, 2.45) is 5.73 Å². The standard InChI is InChI=1S/C9H11BrN2O2S/c1-12(5-9(11)14)4-6(13)7-2-3-8(10)15-7/h2-3H,4-5H2,1H3,(H2,11,14). The van der Waals surface area contributed by atoms with Crippen LogP contribution in [0.2, 0.25) is 0 Å². The van der Waals surface area contributed by atoms with Crippen molar-refractivity contribution in [2.75, 3.05) is 20.1 Å². The fraction of sp³-hybridized carbons (Fsp3) is 0.333. The molecule has 0 radical (unpaired) electrons. The number of primary amides is 1. The second-order valence-corrected chi connectivity index (χ2v) is 5.63. The van der Waals surface area contributed by atoms with E-state index in [0.717, 1.165) is 3.79 Å². The molecule has 0 aliphatic rings. The van der Waals surface area contributed by atoms with E-state index in [4.69, 9.17) is 5.73 Å². The molecule has 4 nitrogen and oxygen atoms in total. The number of likely N-dealkylation sites (N-methyl/N-ethyl adjacent to an activating group) is 1. The molecule has 6 heteroatoms. The predicted molar refractivity (Wildman–Crippen MR) is 63.0 cm³/mol. The minimum atomic E-state index is -0.433. The summed E-state index contributed by atoms with van der Waals surface area (Å²) in [4.78, 5) is 24.5. The Bertz CT molecular complexity index is 378. The largest absolute Gasteiger partial charge is 0.369 e. The third kappa shape index (κ3) is 4.11. The Balaban J connectivity index is 2.52. The SMILES string of the molecule is CN(CC(N)=O)CC(=O)c1ccc(Br)s1. The monoisotopic (exact) mass is 290 g/mol. The number of hydrogen-bond donors (Lipinski definition) is 1. The first-order chi connectivity index (χ1) is 6.99. The van der Waals surface area contributed by atoms with Gasteiger partial charge in [-0.25, -0.2) is 0 Å². The van der Waals surface area contributed by atoms with Crippen molar-refractivity contribution in [3.05, 3.63) is 20.8 Å². The zero-order valence-electron chi connectivity index (χ0n) is 8.20. The van der Waals surface area contributed by atoms with E-state index in [-0.39, 0.29) is 18.9 Å². The summed E-state index contributed by atoms with van der Waals surface area (Å²) in [5.74, 6) is -0.438.